The second-order valence-electron chi connectivity index (χ2n) is 4.49. The Morgan fingerprint density at radius 1 is 1.62 bits per heavy atom. The van der Waals surface area contributed by atoms with Crippen molar-refractivity contribution in [3.8, 4) is 0 Å². The number of hydrogen-bond donors (Lipinski definition) is 2. The number of esters is 1. The summed E-state index contributed by atoms with van der Waals surface area (Å²) in [6.45, 7) is 3.69. The minimum atomic E-state index is -0.337. The minimum absolute atomic E-state index is 0.218. The van der Waals surface area contributed by atoms with Crippen LogP contribution in [0.1, 0.15) is 13.3 Å². The van der Waals surface area contributed by atoms with Gasteiger partial charge in [0, 0.05) is 19.1 Å². The van der Waals surface area contributed by atoms with Crippen molar-refractivity contribution in [2.45, 2.75) is 25.5 Å². The summed E-state index contributed by atoms with van der Waals surface area (Å²) in [6, 6.07) is 0.331. The second-order valence-corrected chi connectivity index (χ2v) is 4.49. The van der Waals surface area contributed by atoms with Crippen LogP contribution in [0.15, 0.2) is 0 Å². The number of likely N-dealkylation sites (tertiary alicyclic amines) is 1. The number of ether oxygens (including phenoxy) is 1. The monoisotopic (exact) mass is 230 g/mol. The van der Waals surface area contributed by atoms with Crippen molar-refractivity contribution in [2.75, 3.05) is 33.8 Å². The lowest BCUT2D eigenvalue weighted by Crippen LogP contribution is -2.51. The molecular formula is C11H22N2O3. The molecule has 1 aliphatic rings. The SMILES string of the molecule is CNC1CC(C(C)O)CN(CC(=O)OC)C1. The van der Waals surface area contributed by atoms with Gasteiger partial charge in [0.15, 0.2) is 0 Å². The molecule has 3 unspecified atom stereocenters. The molecule has 94 valence electrons. The molecule has 1 saturated heterocycles. The van der Waals surface area contributed by atoms with Crippen LogP contribution in [0, 0.1) is 5.92 Å². The van der Waals surface area contributed by atoms with E-state index in [0.29, 0.717) is 12.6 Å². The molecule has 1 fully saturated rings. The zero-order valence-electron chi connectivity index (χ0n) is 10.3. The maximum atomic E-state index is 11.2. The summed E-state index contributed by atoms with van der Waals surface area (Å²) in [5.74, 6) is -0.00282. The van der Waals surface area contributed by atoms with Gasteiger partial charge in [0.25, 0.3) is 0 Å². The van der Waals surface area contributed by atoms with E-state index in [-0.39, 0.29) is 18.0 Å². The topological polar surface area (TPSA) is 61.8 Å². The van der Waals surface area contributed by atoms with Crippen LogP contribution in [0.4, 0.5) is 0 Å². The number of hydrogen-bond acceptors (Lipinski definition) is 5. The number of carbonyl (C=O) groups is 1. The number of aliphatic hydroxyl groups is 1. The van der Waals surface area contributed by atoms with Crippen molar-refractivity contribution in [2.24, 2.45) is 5.92 Å². The summed E-state index contributed by atoms with van der Waals surface area (Å²) >= 11 is 0. The molecule has 0 aliphatic carbocycles. The zero-order chi connectivity index (χ0) is 12.1. The molecule has 5 nitrogen and oxygen atoms in total. The van der Waals surface area contributed by atoms with E-state index >= 15 is 0 Å². The van der Waals surface area contributed by atoms with E-state index in [4.69, 9.17) is 0 Å². The van der Waals surface area contributed by atoms with Crippen LogP contribution in [-0.2, 0) is 9.53 Å². The van der Waals surface area contributed by atoms with Crippen LogP contribution < -0.4 is 5.32 Å². The highest BCUT2D eigenvalue weighted by atomic mass is 16.5. The van der Waals surface area contributed by atoms with Gasteiger partial charge in [-0.15, -0.1) is 0 Å². The Balaban J connectivity index is 2.53. The average Bonchev–Trinajstić information content (AvgIpc) is 2.28. The van der Waals surface area contributed by atoms with Crippen LogP contribution in [0.3, 0.4) is 0 Å². The fraction of sp³-hybridized carbons (Fsp3) is 0.909. The highest BCUT2D eigenvalue weighted by Gasteiger charge is 2.29. The van der Waals surface area contributed by atoms with Crippen molar-refractivity contribution in [3.05, 3.63) is 0 Å². The van der Waals surface area contributed by atoms with Gasteiger partial charge in [-0.1, -0.05) is 0 Å². The standard InChI is InChI=1S/C11H22N2O3/c1-8(14)9-4-10(12-2)6-13(5-9)7-11(15)16-3/h8-10,12,14H,4-7H2,1-3H3. The largest absolute Gasteiger partial charge is 0.468 e. The minimum Gasteiger partial charge on any atom is -0.468 e. The maximum absolute atomic E-state index is 11.2. The van der Waals surface area contributed by atoms with Crippen molar-refractivity contribution >= 4 is 5.97 Å². The van der Waals surface area contributed by atoms with Gasteiger partial charge in [-0.05, 0) is 26.3 Å². The molecule has 0 radical (unpaired) electrons. The molecule has 0 saturated carbocycles. The van der Waals surface area contributed by atoms with Gasteiger partial charge >= 0.3 is 5.97 Å². The van der Waals surface area contributed by atoms with Gasteiger partial charge in [-0.2, -0.15) is 0 Å². The third kappa shape index (κ3) is 3.73. The van der Waals surface area contributed by atoms with Gasteiger partial charge in [-0.25, -0.2) is 0 Å². The van der Waals surface area contributed by atoms with E-state index in [9.17, 15) is 9.90 Å². The van der Waals surface area contributed by atoms with Gasteiger partial charge in [0.05, 0.1) is 19.8 Å². The molecule has 1 heterocycles. The number of methoxy groups -OCH3 is 1. The Kier molecular flexibility index (Phi) is 5.18. The lowest BCUT2D eigenvalue weighted by atomic mass is 9.90. The molecule has 0 aromatic heterocycles. The van der Waals surface area contributed by atoms with Crippen LogP contribution in [0.25, 0.3) is 0 Å². The van der Waals surface area contributed by atoms with Crippen molar-refractivity contribution in [1.29, 1.82) is 0 Å². The van der Waals surface area contributed by atoms with Gasteiger partial charge in [0.2, 0.25) is 0 Å². The third-order valence-corrected chi connectivity index (χ3v) is 3.23. The van der Waals surface area contributed by atoms with Crippen LogP contribution in [0.2, 0.25) is 0 Å². The highest BCUT2D eigenvalue weighted by Crippen LogP contribution is 2.19. The normalized spacial score (nSPS) is 28.8. The van der Waals surface area contributed by atoms with Crippen molar-refractivity contribution in [1.82, 2.24) is 10.2 Å². The first-order chi connectivity index (χ1) is 7.56. The summed E-state index contributed by atoms with van der Waals surface area (Å²) in [7, 11) is 3.30. The second kappa shape index (κ2) is 6.18. The van der Waals surface area contributed by atoms with Gasteiger partial charge in [0.1, 0.15) is 0 Å². The molecule has 1 aliphatic heterocycles. The number of piperidine rings is 1. The molecule has 0 amide bonds. The number of nitrogens with zero attached hydrogens (tertiary/aromatic N) is 1. The van der Waals surface area contributed by atoms with Crippen LogP contribution in [-0.4, -0.2) is 61.9 Å². The lowest BCUT2D eigenvalue weighted by molar-refractivity contribution is -0.142. The smallest absolute Gasteiger partial charge is 0.319 e. The van der Waals surface area contributed by atoms with Gasteiger partial charge in [-0.3, -0.25) is 9.69 Å². The first-order valence-corrected chi connectivity index (χ1v) is 5.71. The molecule has 16 heavy (non-hydrogen) atoms. The van der Waals surface area contributed by atoms with E-state index in [1.807, 2.05) is 11.9 Å². The maximum Gasteiger partial charge on any atom is 0.319 e. The lowest BCUT2D eigenvalue weighted by Gasteiger charge is -2.38. The fourth-order valence-corrected chi connectivity index (χ4v) is 2.17. The first-order valence-electron chi connectivity index (χ1n) is 5.71. The van der Waals surface area contributed by atoms with E-state index in [2.05, 4.69) is 10.1 Å². The summed E-state index contributed by atoms with van der Waals surface area (Å²) in [5.41, 5.74) is 0. The molecule has 1 rings (SSSR count). The molecule has 0 aromatic rings. The predicted octanol–water partition coefficient (Wildman–Crippen LogP) is -0.550. The van der Waals surface area contributed by atoms with Crippen molar-refractivity contribution < 1.29 is 14.6 Å². The number of aliphatic hydroxyl groups excluding tert-OH is 1. The molecule has 3 atom stereocenters. The number of likely N-dealkylation sites (N-methyl/N-ethyl adjacent to an activating group) is 1. The summed E-state index contributed by atoms with van der Waals surface area (Å²) in [6.07, 6.45) is 0.613. The zero-order valence-corrected chi connectivity index (χ0v) is 10.3. The number of carbonyl (C=O) groups excluding carboxylic acids is 1. The van der Waals surface area contributed by atoms with Crippen molar-refractivity contribution in [3.63, 3.8) is 0 Å². The molecule has 0 bridgehead atoms. The summed E-state index contributed by atoms with van der Waals surface area (Å²) in [5, 5.41) is 12.8. The number of rotatable bonds is 4. The average molecular weight is 230 g/mol. The predicted molar refractivity (Wildman–Crippen MR) is 61.1 cm³/mol. The van der Waals surface area contributed by atoms with Crippen LogP contribution in [0.5, 0.6) is 0 Å². The number of nitrogens with one attached hydrogen (secondary N) is 1. The van der Waals surface area contributed by atoms with Gasteiger partial charge < -0.3 is 15.2 Å². The Morgan fingerprint density at radius 3 is 2.81 bits per heavy atom. The summed E-state index contributed by atoms with van der Waals surface area (Å²) < 4.78 is 4.65. The molecule has 0 aromatic carbocycles. The Hall–Kier alpha value is -0.650. The molecule has 2 N–H and O–H groups in total. The van der Waals surface area contributed by atoms with Crippen LogP contribution >= 0.6 is 0 Å². The molecule has 0 spiro atoms. The van der Waals surface area contributed by atoms with E-state index in [0.717, 1.165) is 19.5 Å². The quantitative estimate of drug-likeness (QED) is 0.635. The van der Waals surface area contributed by atoms with E-state index in [1.54, 1.807) is 6.92 Å². The Labute approximate surface area is 96.8 Å². The Morgan fingerprint density at radius 2 is 2.31 bits per heavy atom. The van der Waals surface area contributed by atoms with E-state index in [1.165, 1.54) is 7.11 Å². The first kappa shape index (κ1) is 13.4. The third-order valence-electron chi connectivity index (χ3n) is 3.23. The Bertz CT molecular complexity index is 233. The highest BCUT2D eigenvalue weighted by molar-refractivity contribution is 5.71. The van der Waals surface area contributed by atoms with E-state index < -0.39 is 0 Å². The molecular weight excluding hydrogens is 208 g/mol. The fourth-order valence-electron chi connectivity index (χ4n) is 2.17. The summed E-state index contributed by atoms with van der Waals surface area (Å²) in [4.78, 5) is 13.2. The molecule has 5 heteroatoms.